The van der Waals surface area contributed by atoms with Crippen LogP contribution in [0.25, 0.3) is 32.9 Å². The zero-order valence-corrected chi connectivity index (χ0v) is 25.4. The van der Waals surface area contributed by atoms with E-state index in [1.165, 1.54) is 6.08 Å². The zero-order chi connectivity index (χ0) is 30.0. The molecule has 4 aromatic rings. The summed E-state index contributed by atoms with van der Waals surface area (Å²) in [6, 6.07) is 6.14. The van der Waals surface area contributed by atoms with Crippen LogP contribution in [0.3, 0.4) is 0 Å². The van der Waals surface area contributed by atoms with E-state index in [4.69, 9.17) is 21.3 Å². The monoisotopic (exact) mass is 603 g/mol. The Kier molecular flexibility index (Phi) is 6.81. The van der Waals surface area contributed by atoms with Gasteiger partial charge in [0.25, 0.3) is 0 Å². The van der Waals surface area contributed by atoms with Gasteiger partial charge in [0.05, 0.1) is 16.7 Å². The molecule has 3 atom stereocenters. The summed E-state index contributed by atoms with van der Waals surface area (Å²) in [5.41, 5.74) is 2.61. The molecule has 11 heteroatoms. The summed E-state index contributed by atoms with van der Waals surface area (Å²) in [5, 5.41) is 8.87. The molecule has 1 N–H and O–H groups in total. The van der Waals surface area contributed by atoms with E-state index >= 15 is 4.39 Å². The number of fused-ring (bicyclic) bond motifs is 2. The molecule has 3 fully saturated rings. The highest BCUT2D eigenvalue weighted by Gasteiger charge is 2.55. The Morgan fingerprint density at radius 1 is 1.28 bits per heavy atom. The normalized spacial score (nSPS) is 23.9. The molecule has 0 saturated carbocycles. The number of carbonyl (C=O) groups excluding carboxylic acids is 1. The predicted octanol–water partition coefficient (Wildman–Crippen LogP) is 5.36. The number of amides is 1. The van der Waals surface area contributed by atoms with Crippen LogP contribution in [0.1, 0.15) is 31.7 Å². The van der Waals surface area contributed by atoms with Crippen molar-refractivity contribution in [2.75, 3.05) is 44.7 Å². The number of halogens is 2. The van der Waals surface area contributed by atoms with Crippen LogP contribution < -0.4 is 9.64 Å². The summed E-state index contributed by atoms with van der Waals surface area (Å²) in [5.74, 6) is 0.0228. The van der Waals surface area contributed by atoms with Gasteiger partial charge >= 0.3 is 6.01 Å². The number of hydrogen-bond donors (Lipinski definition) is 1. The second-order valence-electron chi connectivity index (χ2n) is 12.3. The van der Waals surface area contributed by atoms with Crippen LogP contribution in [0.15, 0.2) is 37.1 Å². The Morgan fingerprint density at radius 2 is 2.12 bits per heavy atom. The van der Waals surface area contributed by atoms with Crippen LogP contribution in [0, 0.1) is 18.2 Å². The third-order valence-corrected chi connectivity index (χ3v) is 10.3. The van der Waals surface area contributed by atoms with E-state index in [0.717, 1.165) is 36.8 Å². The average molecular weight is 604 g/mol. The predicted molar refractivity (Wildman–Crippen MR) is 166 cm³/mol. The third-order valence-electron chi connectivity index (χ3n) is 9.98. The summed E-state index contributed by atoms with van der Waals surface area (Å²) in [6.45, 7) is 11.2. The Balaban J connectivity index is 1.33. The van der Waals surface area contributed by atoms with Gasteiger partial charge < -0.3 is 19.4 Å². The van der Waals surface area contributed by atoms with Crippen molar-refractivity contribution in [2.24, 2.45) is 5.41 Å². The van der Waals surface area contributed by atoms with Crippen LogP contribution in [0.5, 0.6) is 6.01 Å². The molecule has 43 heavy (non-hydrogen) atoms. The fourth-order valence-corrected chi connectivity index (χ4v) is 7.54. The number of hydrogen-bond acceptors (Lipinski definition) is 7. The van der Waals surface area contributed by atoms with Crippen molar-refractivity contribution in [3.05, 3.63) is 53.5 Å². The summed E-state index contributed by atoms with van der Waals surface area (Å²) < 4.78 is 23.0. The summed E-state index contributed by atoms with van der Waals surface area (Å²) in [4.78, 5) is 28.1. The number of aryl methyl sites for hydroxylation is 1. The van der Waals surface area contributed by atoms with Gasteiger partial charge in [-0.2, -0.15) is 15.1 Å². The van der Waals surface area contributed by atoms with E-state index in [1.54, 1.807) is 12.3 Å². The summed E-state index contributed by atoms with van der Waals surface area (Å²) >= 11 is 6.91. The Morgan fingerprint density at radius 3 is 2.86 bits per heavy atom. The molecule has 5 heterocycles. The minimum atomic E-state index is -0.520. The number of ether oxygens (including phenoxy) is 1. The molecule has 2 unspecified atom stereocenters. The maximum Gasteiger partial charge on any atom is 0.319 e. The lowest BCUT2D eigenvalue weighted by Crippen LogP contribution is -2.65. The Labute approximate surface area is 254 Å². The highest BCUT2D eigenvalue weighted by atomic mass is 35.5. The first-order valence-electron chi connectivity index (χ1n) is 14.8. The minimum absolute atomic E-state index is 0.0550. The van der Waals surface area contributed by atoms with Gasteiger partial charge in [0.15, 0.2) is 5.82 Å². The number of aromatic amines is 1. The number of rotatable bonds is 6. The van der Waals surface area contributed by atoms with Gasteiger partial charge in [-0.15, -0.1) is 0 Å². The lowest BCUT2D eigenvalue weighted by molar-refractivity contribution is -0.145. The van der Waals surface area contributed by atoms with E-state index in [-0.39, 0.29) is 45.5 Å². The maximum absolute atomic E-state index is 16.8. The molecule has 0 aliphatic carbocycles. The second kappa shape index (κ2) is 10.4. The van der Waals surface area contributed by atoms with E-state index < -0.39 is 5.82 Å². The maximum atomic E-state index is 16.8. The molecule has 2 aromatic heterocycles. The standard InChI is InChI=1S/C32H35ClFN7O2/c1-5-24(42)41-17-32(19(41)3)10-12-40(16-32)30-22-13-23(33)26(25-18(2)8-9-20-14-35-38-28(20)25)27(34)29(22)36-31(37-30)43-15-21-7-6-11-39(21)4/h5,8-9,13-14,19,21H,1,6-7,10-12,15-17H2,2-4H3,(H,35,38)/t19?,21-,32?/m0/s1. The van der Waals surface area contributed by atoms with Crippen molar-refractivity contribution < 1.29 is 13.9 Å². The fourth-order valence-electron chi connectivity index (χ4n) is 7.25. The molecule has 7 rings (SSSR count). The number of aromatic nitrogens is 4. The topological polar surface area (TPSA) is 90.5 Å². The smallest absolute Gasteiger partial charge is 0.319 e. The van der Waals surface area contributed by atoms with Gasteiger partial charge in [0.1, 0.15) is 17.9 Å². The van der Waals surface area contributed by atoms with Crippen molar-refractivity contribution in [1.29, 1.82) is 0 Å². The average Bonchev–Trinajstić information content (AvgIpc) is 3.76. The molecule has 224 valence electrons. The van der Waals surface area contributed by atoms with Gasteiger partial charge in [-0.25, -0.2) is 4.39 Å². The highest BCUT2D eigenvalue weighted by molar-refractivity contribution is 6.35. The van der Waals surface area contributed by atoms with Gasteiger partial charge in [-0.1, -0.05) is 30.3 Å². The number of H-pyrrole nitrogens is 1. The number of likely N-dealkylation sites (tertiary alicyclic amines) is 2. The highest BCUT2D eigenvalue weighted by Crippen LogP contribution is 2.48. The largest absolute Gasteiger partial charge is 0.462 e. The van der Waals surface area contributed by atoms with E-state index in [0.29, 0.717) is 48.5 Å². The molecular weight excluding hydrogens is 569 g/mol. The van der Waals surface area contributed by atoms with Crippen molar-refractivity contribution in [3.63, 3.8) is 0 Å². The molecule has 3 aliphatic heterocycles. The van der Waals surface area contributed by atoms with Crippen molar-refractivity contribution in [3.8, 4) is 17.1 Å². The third kappa shape index (κ3) is 4.45. The molecule has 9 nitrogen and oxygen atoms in total. The lowest BCUT2D eigenvalue weighted by atomic mass is 9.71. The summed E-state index contributed by atoms with van der Waals surface area (Å²) in [6.07, 6.45) is 6.12. The minimum Gasteiger partial charge on any atom is -0.462 e. The SMILES string of the molecule is C=CC(=O)N1CC2(CCN(c3nc(OC[C@@H]4CCCN4C)nc4c(F)c(-c5c(C)ccc6cn[nH]c56)c(Cl)cc34)C2)C1C. The van der Waals surface area contributed by atoms with Crippen LogP contribution >= 0.6 is 11.6 Å². The molecular formula is C32H35ClFN7O2. The van der Waals surface area contributed by atoms with Crippen molar-refractivity contribution in [2.45, 2.75) is 45.2 Å². The molecule has 2 aromatic carbocycles. The van der Waals surface area contributed by atoms with Gasteiger partial charge in [-0.05, 0) is 64.4 Å². The van der Waals surface area contributed by atoms with E-state index in [1.807, 2.05) is 24.0 Å². The van der Waals surface area contributed by atoms with Crippen molar-refractivity contribution in [1.82, 2.24) is 30.0 Å². The number of anilines is 1. The first-order valence-corrected chi connectivity index (χ1v) is 15.2. The van der Waals surface area contributed by atoms with Gasteiger partial charge in [-0.3, -0.25) is 9.89 Å². The molecule has 1 amide bonds. The Bertz CT molecular complexity index is 1780. The number of benzene rings is 2. The molecule has 0 bridgehead atoms. The number of nitrogens with zero attached hydrogens (tertiary/aromatic N) is 6. The first-order chi connectivity index (χ1) is 20.7. The molecule has 3 aliphatic rings. The van der Waals surface area contributed by atoms with Crippen molar-refractivity contribution >= 4 is 45.1 Å². The number of likely N-dealkylation sites (N-methyl/N-ethyl adjacent to an activating group) is 1. The van der Waals surface area contributed by atoms with Crippen LogP contribution in [0.4, 0.5) is 10.2 Å². The molecule has 1 spiro atoms. The lowest BCUT2D eigenvalue weighted by Gasteiger charge is -2.54. The van der Waals surface area contributed by atoms with E-state index in [2.05, 4.69) is 45.5 Å². The fraction of sp³-hybridized carbons (Fsp3) is 0.438. The number of nitrogens with one attached hydrogen (secondary N) is 1. The zero-order valence-electron chi connectivity index (χ0n) is 24.7. The number of carbonyl (C=O) groups is 1. The van der Waals surface area contributed by atoms with Crippen LogP contribution in [-0.4, -0.2) is 87.8 Å². The molecule has 3 saturated heterocycles. The van der Waals surface area contributed by atoms with Crippen LogP contribution in [0.2, 0.25) is 5.02 Å². The Hall–Kier alpha value is -3.76. The van der Waals surface area contributed by atoms with Gasteiger partial charge in [0, 0.05) is 59.0 Å². The second-order valence-corrected chi connectivity index (χ2v) is 12.7. The van der Waals surface area contributed by atoms with E-state index in [9.17, 15) is 4.79 Å². The summed E-state index contributed by atoms with van der Waals surface area (Å²) in [7, 11) is 2.09. The quantitative estimate of drug-likeness (QED) is 0.297. The van der Waals surface area contributed by atoms with Crippen LogP contribution in [-0.2, 0) is 4.79 Å². The van der Waals surface area contributed by atoms with Gasteiger partial charge in [0.2, 0.25) is 5.91 Å². The first kappa shape index (κ1) is 28.0. The molecule has 0 radical (unpaired) electrons.